The zero-order valence-electron chi connectivity index (χ0n) is 8.47. The summed E-state index contributed by atoms with van der Waals surface area (Å²) >= 11 is 5.62. The van der Waals surface area contributed by atoms with E-state index in [0.29, 0.717) is 11.3 Å². The predicted octanol–water partition coefficient (Wildman–Crippen LogP) is 0.331. The van der Waals surface area contributed by atoms with Crippen LogP contribution in [0.3, 0.4) is 0 Å². The number of nitrogens with two attached hydrogens (primary N) is 1. The highest BCUT2D eigenvalue weighted by Gasteiger charge is 2.51. The van der Waals surface area contributed by atoms with Gasteiger partial charge in [-0.1, -0.05) is 0 Å². The third-order valence-electron chi connectivity index (χ3n) is 2.48. The van der Waals surface area contributed by atoms with Crippen molar-refractivity contribution in [1.82, 2.24) is 4.90 Å². The number of aliphatic carboxylic acids is 1. The number of rotatable bonds is 2. The predicted molar refractivity (Wildman–Crippen MR) is 80.9 cm³/mol. The summed E-state index contributed by atoms with van der Waals surface area (Å²) in [6.07, 6.45) is 0. The molecule has 0 radical (unpaired) electrons. The Morgan fingerprint density at radius 2 is 2.18 bits per heavy atom. The molecule has 9 heteroatoms. The van der Waals surface area contributed by atoms with Gasteiger partial charge in [0.05, 0.1) is 6.61 Å². The first kappa shape index (κ1) is 15.5. The summed E-state index contributed by atoms with van der Waals surface area (Å²) in [5, 5.41) is 17.6. The number of thioether (sulfide) groups is 1. The van der Waals surface area contributed by atoms with Crippen molar-refractivity contribution < 1.29 is 19.8 Å². The van der Waals surface area contributed by atoms with Gasteiger partial charge < -0.3 is 15.9 Å². The lowest BCUT2D eigenvalue weighted by molar-refractivity contribution is -0.148. The normalized spacial score (nSPS) is 26.8. The van der Waals surface area contributed by atoms with E-state index in [9.17, 15) is 9.59 Å². The Hall–Kier alpha value is 0.410. The molecule has 17 heavy (non-hydrogen) atoms. The van der Waals surface area contributed by atoms with E-state index in [1.807, 2.05) is 0 Å². The Morgan fingerprint density at radius 1 is 1.59 bits per heavy atom. The molecule has 2 heterocycles. The van der Waals surface area contributed by atoms with E-state index in [2.05, 4.69) is 37.2 Å². The highest BCUT2D eigenvalue weighted by molar-refractivity contribution is 15.0. The molecular weight excluding hydrogens is 474 g/mol. The van der Waals surface area contributed by atoms with Gasteiger partial charge in [0, 0.05) is 43.0 Å². The van der Waals surface area contributed by atoms with E-state index in [0.717, 1.165) is 4.90 Å². The fourth-order valence-electron chi connectivity index (χ4n) is 1.70. The summed E-state index contributed by atoms with van der Waals surface area (Å²) in [6.45, 7) is -0.347. The molecule has 2 rings (SSSR count). The molecular formula is C8H10I2N2O4S. The Labute approximate surface area is 125 Å². The summed E-state index contributed by atoms with van der Waals surface area (Å²) in [4.78, 5) is 23.5. The van der Waals surface area contributed by atoms with Crippen LogP contribution in [0.1, 0.15) is 0 Å². The topological polar surface area (TPSA) is 104 Å². The second-order valence-corrected chi connectivity index (χ2v) is 4.46. The molecule has 4 N–H and O–H groups in total. The average molecular weight is 484 g/mol. The maximum Gasteiger partial charge on any atom is 0.352 e. The van der Waals surface area contributed by atoms with Crippen molar-refractivity contribution in [2.45, 2.75) is 11.4 Å². The Morgan fingerprint density at radius 3 is 2.65 bits per heavy atom. The lowest BCUT2D eigenvalue weighted by atomic mass is 10.0. The second-order valence-electron chi connectivity index (χ2n) is 3.35. The fraction of sp³-hybridized carbons (Fsp3) is 0.500. The number of fused-ring (bicyclic) bond motifs is 1. The summed E-state index contributed by atoms with van der Waals surface area (Å²) < 4.78 is 0. The maximum atomic E-state index is 11.4. The van der Waals surface area contributed by atoms with Crippen LogP contribution in [-0.4, -0.2) is 50.8 Å². The van der Waals surface area contributed by atoms with Crippen LogP contribution in [0.5, 0.6) is 0 Å². The van der Waals surface area contributed by atoms with E-state index < -0.39 is 17.9 Å². The van der Waals surface area contributed by atoms with Gasteiger partial charge in [-0.25, -0.2) is 4.79 Å². The number of carbonyl (C=O) groups excluding carboxylic acids is 1. The zero-order valence-corrected chi connectivity index (χ0v) is 13.6. The Bertz CT molecular complexity index is 377. The molecule has 6 nitrogen and oxygen atoms in total. The van der Waals surface area contributed by atoms with Gasteiger partial charge in [-0.3, -0.25) is 9.69 Å². The number of hydrogen-bond acceptors (Lipinski definition) is 5. The molecule has 0 aromatic carbocycles. The monoisotopic (exact) mass is 484 g/mol. The van der Waals surface area contributed by atoms with E-state index >= 15 is 0 Å². The molecule has 2 aliphatic rings. The van der Waals surface area contributed by atoms with Gasteiger partial charge in [0.1, 0.15) is 17.1 Å². The van der Waals surface area contributed by atoms with Crippen molar-refractivity contribution in [2.24, 2.45) is 5.73 Å². The molecule has 0 saturated carbocycles. The van der Waals surface area contributed by atoms with Crippen LogP contribution in [0, 0.1) is 0 Å². The van der Waals surface area contributed by atoms with Gasteiger partial charge in [0.25, 0.3) is 0 Å². The molecule has 0 bridgehead atoms. The summed E-state index contributed by atoms with van der Waals surface area (Å²) in [5.41, 5.74) is 5.80. The second kappa shape index (κ2) is 6.54. The number of carboxylic acid groups (broad SMARTS) is 1. The minimum atomic E-state index is -1.19. The summed E-state index contributed by atoms with van der Waals surface area (Å²) in [6, 6.07) is -0.621. The molecule has 0 spiro atoms. The van der Waals surface area contributed by atoms with Crippen molar-refractivity contribution in [3.8, 4) is 0 Å². The van der Waals surface area contributed by atoms with Crippen LogP contribution >= 0.6 is 49.0 Å². The molecule has 2 atom stereocenters. The molecule has 1 amide bonds. The molecule has 0 aromatic heterocycles. The third kappa shape index (κ3) is 2.72. The number of β-lactam (4-membered cyclic amide) rings is 1. The van der Waals surface area contributed by atoms with Crippen LogP contribution < -0.4 is 5.73 Å². The van der Waals surface area contributed by atoms with Gasteiger partial charge in [0.15, 0.2) is 0 Å². The van der Waals surface area contributed by atoms with Crippen molar-refractivity contribution in [1.29, 1.82) is 0 Å². The average Bonchev–Trinajstić information content (AvgIpc) is 2.38. The largest absolute Gasteiger partial charge is 0.477 e. The first-order chi connectivity index (χ1) is 8.07. The SMILES string of the molecule is II.NC1C(=O)N2C(C(=O)O)=C(CO)CSC12. The number of carbonyl (C=O) groups is 2. The molecule has 0 aromatic rings. The Balaban J connectivity index is 0.000000686. The first-order valence-corrected chi connectivity index (χ1v) is 11.8. The smallest absolute Gasteiger partial charge is 0.352 e. The fourth-order valence-corrected chi connectivity index (χ4v) is 2.98. The number of halogens is 2. The van der Waals surface area contributed by atoms with Crippen LogP contribution in [0.25, 0.3) is 0 Å². The van der Waals surface area contributed by atoms with Gasteiger partial charge in [-0.15, -0.1) is 11.8 Å². The van der Waals surface area contributed by atoms with E-state index in [1.165, 1.54) is 11.8 Å². The van der Waals surface area contributed by atoms with Crippen LogP contribution in [0.4, 0.5) is 0 Å². The van der Waals surface area contributed by atoms with Gasteiger partial charge in [0.2, 0.25) is 5.91 Å². The van der Waals surface area contributed by atoms with Crippen LogP contribution in [0.15, 0.2) is 11.3 Å². The van der Waals surface area contributed by atoms with Crippen molar-refractivity contribution in [3.05, 3.63) is 11.3 Å². The van der Waals surface area contributed by atoms with Crippen molar-refractivity contribution in [3.63, 3.8) is 0 Å². The molecule has 1 fully saturated rings. The highest BCUT2D eigenvalue weighted by Crippen LogP contribution is 2.39. The summed E-state index contributed by atoms with van der Waals surface area (Å²) in [5.74, 6) is -1.18. The standard InChI is InChI=1S/C8H10N2O4S.I2/c9-4-6(12)10-5(8(13)14)3(1-11)2-15-7(4)10;1-2/h4,7,11H,1-2,9H2,(H,13,14);. The minimum Gasteiger partial charge on any atom is -0.477 e. The number of aliphatic hydroxyl groups is 1. The summed E-state index contributed by atoms with van der Waals surface area (Å²) in [7, 11) is 0. The maximum absolute atomic E-state index is 11.4. The lowest BCUT2D eigenvalue weighted by Crippen LogP contribution is -2.68. The van der Waals surface area contributed by atoms with Crippen LogP contribution in [0.2, 0.25) is 0 Å². The number of hydrogen-bond donors (Lipinski definition) is 3. The minimum absolute atomic E-state index is 0.104. The molecule has 2 unspecified atom stereocenters. The number of amides is 1. The number of nitrogens with zero attached hydrogens (tertiary/aromatic N) is 1. The van der Waals surface area contributed by atoms with Crippen LogP contribution in [-0.2, 0) is 9.59 Å². The zero-order chi connectivity index (χ0) is 13.2. The van der Waals surface area contributed by atoms with E-state index in [4.69, 9.17) is 15.9 Å². The molecule has 0 aliphatic carbocycles. The lowest BCUT2D eigenvalue weighted by Gasteiger charge is -2.47. The first-order valence-electron chi connectivity index (χ1n) is 4.48. The van der Waals surface area contributed by atoms with Gasteiger partial charge >= 0.3 is 5.97 Å². The van der Waals surface area contributed by atoms with E-state index in [-0.39, 0.29) is 17.7 Å². The van der Waals surface area contributed by atoms with Crippen molar-refractivity contribution >= 4 is 60.9 Å². The van der Waals surface area contributed by atoms with E-state index in [1.54, 1.807) is 0 Å². The number of carboxylic acids is 1. The molecule has 96 valence electrons. The Kier molecular flexibility index (Phi) is 5.95. The van der Waals surface area contributed by atoms with Crippen molar-refractivity contribution in [2.75, 3.05) is 12.4 Å². The molecule has 1 saturated heterocycles. The third-order valence-corrected chi connectivity index (χ3v) is 3.84. The highest BCUT2D eigenvalue weighted by atomic mass is 128. The van der Waals surface area contributed by atoms with Gasteiger partial charge in [-0.05, 0) is 5.57 Å². The number of aliphatic hydroxyl groups excluding tert-OH is 1. The quantitative estimate of drug-likeness (QED) is 0.386. The molecule has 2 aliphatic heterocycles. The van der Waals surface area contributed by atoms with Gasteiger partial charge in [-0.2, -0.15) is 0 Å².